The minimum atomic E-state index is -0.247. The Bertz CT molecular complexity index is 1220. The third kappa shape index (κ3) is 4.77. The first-order valence-electron chi connectivity index (χ1n) is 10.6. The van der Waals surface area contributed by atoms with Gasteiger partial charge < -0.3 is 15.6 Å². The van der Waals surface area contributed by atoms with E-state index >= 15 is 0 Å². The van der Waals surface area contributed by atoms with Gasteiger partial charge in [0.05, 0.1) is 10.9 Å². The van der Waals surface area contributed by atoms with Gasteiger partial charge in [0.15, 0.2) is 4.77 Å². The van der Waals surface area contributed by atoms with E-state index in [1.807, 2.05) is 24.3 Å². The summed E-state index contributed by atoms with van der Waals surface area (Å²) in [6, 6.07) is 12.7. The van der Waals surface area contributed by atoms with Crippen LogP contribution in [0, 0.1) is 10.7 Å². The van der Waals surface area contributed by atoms with Crippen molar-refractivity contribution in [3.8, 4) is 0 Å². The van der Waals surface area contributed by atoms with Crippen LogP contribution in [0.3, 0.4) is 0 Å². The van der Waals surface area contributed by atoms with Crippen LogP contribution in [0.2, 0.25) is 0 Å². The number of hydrogen-bond acceptors (Lipinski definition) is 4. The van der Waals surface area contributed by atoms with E-state index < -0.39 is 0 Å². The van der Waals surface area contributed by atoms with E-state index in [9.17, 15) is 9.59 Å². The number of carbonyl (C=O) groups is 1. The Morgan fingerprint density at radius 2 is 1.87 bits per heavy atom. The van der Waals surface area contributed by atoms with Gasteiger partial charge in [-0.1, -0.05) is 18.9 Å². The van der Waals surface area contributed by atoms with Gasteiger partial charge in [-0.25, -0.2) is 0 Å². The Morgan fingerprint density at radius 1 is 1.16 bits per heavy atom. The monoisotopic (exact) mass is 434 g/mol. The van der Waals surface area contributed by atoms with Crippen LogP contribution in [0.1, 0.15) is 36.0 Å². The topological polar surface area (TPSA) is 78.9 Å². The maximum absolute atomic E-state index is 12.7. The number of aromatic amines is 1. The summed E-state index contributed by atoms with van der Waals surface area (Å²) in [6.07, 6.45) is 6.90. The van der Waals surface area contributed by atoms with Gasteiger partial charge in [0.1, 0.15) is 0 Å². The molecule has 3 aromatic rings. The van der Waals surface area contributed by atoms with Crippen molar-refractivity contribution < 1.29 is 4.79 Å². The fourth-order valence-electron chi connectivity index (χ4n) is 4.04. The first-order valence-corrected chi connectivity index (χ1v) is 11.0. The number of benzene rings is 2. The summed E-state index contributed by atoms with van der Waals surface area (Å²) in [5.41, 5.74) is 2.55. The molecule has 6 nitrogen and oxygen atoms in total. The lowest BCUT2D eigenvalue weighted by atomic mass is 10.1. The van der Waals surface area contributed by atoms with Gasteiger partial charge in [-0.05, 0) is 73.4 Å². The number of nitrogens with one attached hydrogen (secondary N) is 3. The second-order valence-electron chi connectivity index (χ2n) is 7.96. The normalized spacial score (nSPS) is 13.9. The molecule has 1 amide bonds. The molecule has 2 aromatic carbocycles. The van der Waals surface area contributed by atoms with Crippen molar-refractivity contribution in [1.29, 1.82) is 0 Å². The van der Waals surface area contributed by atoms with Crippen molar-refractivity contribution in [2.75, 3.05) is 17.2 Å². The molecule has 1 saturated carbocycles. The van der Waals surface area contributed by atoms with E-state index in [0.717, 1.165) is 18.2 Å². The molecule has 4 rings (SSSR count). The Morgan fingerprint density at radius 3 is 2.58 bits per heavy atom. The maximum Gasteiger partial charge on any atom is 0.262 e. The minimum Gasteiger partial charge on any atom is -0.385 e. The molecule has 3 N–H and O–H groups in total. The number of H-pyrrole nitrogens is 1. The number of fused-ring (bicyclic) bond motifs is 1. The van der Waals surface area contributed by atoms with E-state index in [-0.39, 0.29) is 11.5 Å². The van der Waals surface area contributed by atoms with Gasteiger partial charge in [-0.2, -0.15) is 0 Å². The molecule has 0 bridgehead atoms. The smallest absolute Gasteiger partial charge is 0.262 e. The van der Waals surface area contributed by atoms with Crippen molar-refractivity contribution in [1.82, 2.24) is 9.55 Å². The fraction of sp³-hybridized carbons (Fsp3) is 0.292. The number of hydrogen-bond donors (Lipinski definition) is 3. The van der Waals surface area contributed by atoms with E-state index in [1.165, 1.54) is 30.3 Å². The summed E-state index contributed by atoms with van der Waals surface area (Å²) in [4.78, 5) is 28.4. The molecule has 160 valence electrons. The van der Waals surface area contributed by atoms with Crippen molar-refractivity contribution in [3.63, 3.8) is 0 Å². The molecule has 1 aliphatic rings. The summed E-state index contributed by atoms with van der Waals surface area (Å²) in [5, 5.41) is 6.86. The lowest BCUT2D eigenvalue weighted by Crippen LogP contribution is -2.22. The van der Waals surface area contributed by atoms with Crippen LogP contribution in [0.4, 0.5) is 11.4 Å². The van der Waals surface area contributed by atoms with Gasteiger partial charge in [0.25, 0.3) is 11.5 Å². The lowest BCUT2D eigenvalue weighted by Gasteiger charge is -2.12. The van der Waals surface area contributed by atoms with Gasteiger partial charge in [-0.15, -0.1) is 6.58 Å². The second kappa shape index (κ2) is 9.31. The zero-order valence-corrected chi connectivity index (χ0v) is 18.1. The lowest BCUT2D eigenvalue weighted by molar-refractivity contribution is 0.102. The summed E-state index contributed by atoms with van der Waals surface area (Å²) < 4.78 is 1.74. The minimum absolute atomic E-state index is 0.202. The van der Waals surface area contributed by atoms with Gasteiger partial charge in [-0.3, -0.25) is 14.2 Å². The quantitative estimate of drug-likeness (QED) is 0.357. The van der Waals surface area contributed by atoms with Crippen molar-refractivity contribution in [2.24, 2.45) is 5.92 Å². The first-order chi connectivity index (χ1) is 15.0. The molecule has 0 spiro atoms. The standard InChI is InChI=1S/C24H26N4O2S/c1-2-13-28-23(30)20-12-7-17(14-21(20)27-24(28)31)22(29)26-19-10-8-18(9-11-19)25-15-16-5-3-4-6-16/h2,7-12,14,16,25H,1,3-6,13,15H2,(H,26,29)(H,27,31). The first kappa shape index (κ1) is 21.1. The predicted molar refractivity (Wildman–Crippen MR) is 128 cm³/mol. The molecule has 0 saturated heterocycles. The highest BCUT2D eigenvalue weighted by Gasteiger charge is 2.14. The number of amides is 1. The second-order valence-corrected chi connectivity index (χ2v) is 8.34. The summed E-state index contributed by atoms with van der Waals surface area (Å²) in [6.45, 7) is 4.98. The molecule has 0 aliphatic heterocycles. The van der Waals surface area contributed by atoms with E-state index in [0.29, 0.717) is 33.5 Å². The van der Waals surface area contributed by atoms with Crippen LogP contribution in [0.25, 0.3) is 10.9 Å². The molecule has 1 aromatic heterocycles. The van der Waals surface area contributed by atoms with Gasteiger partial charge in [0.2, 0.25) is 0 Å². The molecule has 0 atom stereocenters. The van der Waals surface area contributed by atoms with Crippen molar-refractivity contribution in [3.05, 3.63) is 75.8 Å². The fourth-order valence-corrected chi connectivity index (χ4v) is 4.31. The number of carbonyl (C=O) groups excluding carboxylic acids is 1. The molecule has 31 heavy (non-hydrogen) atoms. The highest BCUT2D eigenvalue weighted by Crippen LogP contribution is 2.25. The Balaban J connectivity index is 1.46. The highest BCUT2D eigenvalue weighted by atomic mass is 32.1. The highest BCUT2D eigenvalue weighted by molar-refractivity contribution is 7.71. The van der Waals surface area contributed by atoms with E-state index in [2.05, 4.69) is 22.2 Å². The Kier molecular flexibility index (Phi) is 6.32. The largest absolute Gasteiger partial charge is 0.385 e. The third-order valence-electron chi connectivity index (χ3n) is 5.77. The molecule has 7 heteroatoms. The summed E-state index contributed by atoms with van der Waals surface area (Å²) in [7, 11) is 0. The Labute approximate surface area is 186 Å². The number of aromatic nitrogens is 2. The van der Waals surface area contributed by atoms with Crippen molar-refractivity contribution >= 4 is 40.4 Å². The zero-order chi connectivity index (χ0) is 21.8. The molecule has 0 unspecified atom stereocenters. The van der Waals surface area contributed by atoms with Crippen molar-refractivity contribution in [2.45, 2.75) is 32.2 Å². The van der Waals surface area contributed by atoms with E-state index in [4.69, 9.17) is 12.2 Å². The molecule has 1 heterocycles. The van der Waals surface area contributed by atoms with Crippen LogP contribution in [0.15, 0.2) is 59.9 Å². The zero-order valence-electron chi connectivity index (χ0n) is 17.3. The summed E-state index contributed by atoms with van der Waals surface area (Å²) >= 11 is 5.27. The predicted octanol–water partition coefficient (Wildman–Crippen LogP) is 5.10. The van der Waals surface area contributed by atoms with Crippen LogP contribution in [-0.2, 0) is 6.54 Å². The molecule has 1 aliphatic carbocycles. The number of allylic oxidation sites excluding steroid dienone is 1. The number of anilines is 2. The van der Waals surface area contributed by atoms with Crippen LogP contribution in [0.5, 0.6) is 0 Å². The molecular weight excluding hydrogens is 408 g/mol. The average molecular weight is 435 g/mol. The van der Waals surface area contributed by atoms with E-state index in [1.54, 1.807) is 24.3 Å². The van der Waals surface area contributed by atoms with Gasteiger partial charge in [0, 0.05) is 30.0 Å². The number of rotatable bonds is 7. The SMILES string of the molecule is C=CCn1c(=S)[nH]c2cc(C(=O)Nc3ccc(NCC4CCCC4)cc3)ccc2c1=O. The van der Waals surface area contributed by atoms with Crippen LogP contribution in [-0.4, -0.2) is 22.0 Å². The number of nitrogens with zero attached hydrogens (tertiary/aromatic N) is 1. The molecule has 0 radical (unpaired) electrons. The van der Waals surface area contributed by atoms with Crippen LogP contribution >= 0.6 is 12.2 Å². The van der Waals surface area contributed by atoms with Crippen LogP contribution < -0.4 is 16.2 Å². The Hall–Kier alpha value is -3.19. The van der Waals surface area contributed by atoms with Gasteiger partial charge >= 0.3 is 0 Å². The third-order valence-corrected chi connectivity index (χ3v) is 6.09. The average Bonchev–Trinajstić information content (AvgIpc) is 3.29. The maximum atomic E-state index is 12.7. The molecular formula is C24H26N4O2S. The summed E-state index contributed by atoms with van der Waals surface area (Å²) in [5.74, 6) is 0.517. The molecule has 1 fully saturated rings.